The highest BCUT2D eigenvalue weighted by atomic mass is 32.2. The van der Waals surface area contributed by atoms with Gasteiger partial charge in [0, 0.05) is 31.1 Å². The number of aryl methyl sites for hydroxylation is 2. The van der Waals surface area contributed by atoms with Crippen molar-refractivity contribution in [3.8, 4) is 5.75 Å². The fourth-order valence-electron chi connectivity index (χ4n) is 5.09. The van der Waals surface area contributed by atoms with Crippen molar-refractivity contribution in [3.05, 3.63) is 129 Å². The molecule has 0 aromatic heterocycles. The Bertz CT molecular complexity index is 1810. The molecule has 0 unspecified atom stereocenters. The Morgan fingerprint density at radius 2 is 1.57 bits per heavy atom. The molecule has 246 valence electrons. The molecule has 0 aliphatic rings. The predicted octanol–water partition coefficient (Wildman–Crippen LogP) is 5.19. The van der Waals surface area contributed by atoms with Gasteiger partial charge in [-0.15, -0.1) is 0 Å². The van der Waals surface area contributed by atoms with Gasteiger partial charge in [0.2, 0.25) is 11.8 Å². The summed E-state index contributed by atoms with van der Waals surface area (Å²) in [5, 5.41) is 14.5. The third-order valence-corrected chi connectivity index (χ3v) is 9.47. The second-order valence-corrected chi connectivity index (χ2v) is 12.9. The average Bonchev–Trinajstić information content (AvgIpc) is 3.06. The van der Waals surface area contributed by atoms with Crippen LogP contribution in [0.2, 0.25) is 0 Å². The molecule has 4 rings (SSSR count). The maximum atomic E-state index is 14.5. The summed E-state index contributed by atoms with van der Waals surface area (Å²) in [6.07, 6.45) is 0.184. The Balaban J connectivity index is 1.83. The van der Waals surface area contributed by atoms with Crippen LogP contribution in [0.15, 0.2) is 102 Å². The zero-order chi connectivity index (χ0) is 34.1. The lowest BCUT2D eigenvalue weighted by Gasteiger charge is -2.34. The standard InChI is InChI=1S/C35H38N4O7S/c1-5-36-35(41)33(21-27-9-7-6-8-10-27)37(23-28-14-11-25(2)12-15-28)34(40)24-38(29-16-18-30(46-4)19-17-29)47(44,45)31-20-13-26(3)32(22-31)39(42)43/h6-20,22,33H,5,21,23-24H2,1-4H3,(H,36,41)/t33-/m0/s1. The number of anilines is 1. The molecule has 0 aliphatic carbocycles. The summed E-state index contributed by atoms with van der Waals surface area (Å²) in [5.74, 6) is -0.563. The summed E-state index contributed by atoms with van der Waals surface area (Å²) in [4.78, 5) is 40.2. The Morgan fingerprint density at radius 3 is 2.17 bits per heavy atom. The number of nitro groups is 1. The van der Waals surface area contributed by atoms with Gasteiger partial charge in [-0.05, 0) is 62.2 Å². The first-order valence-electron chi connectivity index (χ1n) is 15.0. The van der Waals surface area contributed by atoms with Crippen molar-refractivity contribution < 1.29 is 27.7 Å². The molecule has 47 heavy (non-hydrogen) atoms. The zero-order valence-corrected chi connectivity index (χ0v) is 27.6. The quantitative estimate of drug-likeness (QED) is 0.145. The number of nitrogens with zero attached hydrogens (tertiary/aromatic N) is 3. The third-order valence-electron chi connectivity index (χ3n) is 7.70. The molecular weight excluding hydrogens is 620 g/mol. The van der Waals surface area contributed by atoms with Crippen LogP contribution in [-0.4, -0.2) is 56.3 Å². The highest BCUT2D eigenvalue weighted by molar-refractivity contribution is 7.92. The topological polar surface area (TPSA) is 139 Å². The number of hydrogen-bond donors (Lipinski definition) is 1. The Labute approximate surface area is 275 Å². The molecule has 0 aliphatic heterocycles. The van der Waals surface area contributed by atoms with Crippen molar-refractivity contribution in [1.82, 2.24) is 10.2 Å². The lowest BCUT2D eigenvalue weighted by molar-refractivity contribution is -0.385. The molecule has 1 atom stereocenters. The number of likely N-dealkylation sites (N-methyl/N-ethyl adjacent to an activating group) is 1. The van der Waals surface area contributed by atoms with E-state index in [9.17, 15) is 28.1 Å². The van der Waals surface area contributed by atoms with Gasteiger partial charge in [-0.25, -0.2) is 8.42 Å². The number of carbonyl (C=O) groups is 2. The smallest absolute Gasteiger partial charge is 0.273 e. The fraction of sp³-hybridized carbons (Fsp3) is 0.257. The van der Waals surface area contributed by atoms with Crippen LogP contribution < -0.4 is 14.4 Å². The number of rotatable bonds is 14. The first kappa shape index (κ1) is 34.6. The summed E-state index contributed by atoms with van der Waals surface area (Å²) < 4.78 is 34.6. The SMILES string of the molecule is CCNC(=O)[C@H](Cc1ccccc1)N(Cc1ccc(C)cc1)C(=O)CN(c1ccc(OC)cc1)S(=O)(=O)c1ccc(C)c([N+](=O)[O-])c1. The molecule has 0 bridgehead atoms. The van der Waals surface area contributed by atoms with Crippen LogP contribution in [-0.2, 0) is 32.6 Å². The number of carbonyl (C=O) groups excluding carboxylic acids is 2. The molecular formula is C35H38N4O7S. The first-order valence-corrected chi connectivity index (χ1v) is 16.5. The predicted molar refractivity (Wildman–Crippen MR) is 180 cm³/mol. The molecule has 0 saturated heterocycles. The van der Waals surface area contributed by atoms with Crippen LogP contribution in [0, 0.1) is 24.0 Å². The molecule has 1 N–H and O–H groups in total. The summed E-state index contributed by atoms with van der Waals surface area (Å²) in [6.45, 7) is 4.90. The number of amides is 2. The number of sulfonamides is 1. The molecule has 12 heteroatoms. The van der Waals surface area contributed by atoms with Gasteiger partial charge in [0.1, 0.15) is 18.3 Å². The third kappa shape index (κ3) is 8.53. The van der Waals surface area contributed by atoms with E-state index < -0.39 is 33.4 Å². The summed E-state index contributed by atoms with van der Waals surface area (Å²) in [5.41, 5.74) is 2.63. The largest absolute Gasteiger partial charge is 0.497 e. The molecule has 0 fully saturated rings. The molecule has 4 aromatic rings. The van der Waals surface area contributed by atoms with Crippen LogP contribution in [0.1, 0.15) is 29.2 Å². The lowest BCUT2D eigenvalue weighted by atomic mass is 10.0. The minimum Gasteiger partial charge on any atom is -0.497 e. The molecule has 4 aromatic carbocycles. The van der Waals surface area contributed by atoms with E-state index in [4.69, 9.17) is 4.74 Å². The second-order valence-electron chi connectivity index (χ2n) is 11.0. The van der Waals surface area contributed by atoms with E-state index in [1.165, 1.54) is 43.2 Å². The second kappa shape index (κ2) is 15.4. The number of nitro benzene ring substituents is 1. The first-order chi connectivity index (χ1) is 22.4. The van der Waals surface area contributed by atoms with Crippen LogP contribution in [0.5, 0.6) is 5.75 Å². The summed E-state index contributed by atoms with van der Waals surface area (Å²) >= 11 is 0. The summed E-state index contributed by atoms with van der Waals surface area (Å²) in [7, 11) is -3.06. The Kier molecular flexibility index (Phi) is 11.3. The van der Waals surface area contributed by atoms with Gasteiger partial charge in [-0.1, -0.05) is 66.2 Å². The number of hydrogen-bond acceptors (Lipinski definition) is 7. The van der Waals surface area contributed by atoms with Crippen molar-refractivity contribution >= 4 is 33.2 Å². The van der Waals surface area contributed by atoms with Gasteiger partial charge in [-0.3, -0.25) is 24.0 Å². The molecule has 0 spiro atoms. The molecule has 0 heterocycles. The minimum atomic E-state index is -4.53. The van der Waals surface area contributed by atoms with Crippen LogP contribution in [0.4, 0.5) is 11.4 Å². The maximum absolute atomic E-state index is 14.5. The number of methoxy groups -OCH3 is 1. The molecule has 0 radical (unpaired) electrons. The van der Waals surface area contributed by atoms with Crippen molar-refractivity contribution in [3.63, 3.8) is 0 Å². The molecule has 2 amide bonds. The molecule has 11 nitrogen and oxygen atoms in total. The zero-order valence-electron chi connectivity index (χ0n) is 26.8. The van der Waals surface area contributed by atoms with E-state index in [2.05, 4.69) is 5.32 Å². The maximum Gasteiger partial charge on any atom is 0.273 e. The van der Waals surface area contributed by atoms with Gasteiger partial charge in [0.05, 0.1) is 22.6 Å². The minimum absolute atomic E-state index is 0.0280. The van der Waals surface area contributed by atoms with E-state index in [-0.39, 0.29) is 40.7 Å². The summed E-state index contributed by atoms with van der Waals surface area (Å²) in [6, 6.07) is 25.5. The lowest BCUT2D eigenvalue weighted by Crippen LogP contribution is -2.53. The monoisotopic (exact) mass is 658 g/mol. The highest BCUT2D eigenvalue weighted by Crippen LogP contribution is 2.30. The van der Waals surface area contributed by atoms with E-state index in [1.54, 1.807) is 19.1 Å². The van der Waals surface area contributed by atoms with Crippen LogP contribution in [0.25, 0.3) is 0 Å². The Hall–Kier alpha value is -5.23. The fourth-order valence-corrected chi connectivity index (χ4v) is 6.52. The average molecular weight is 659 g/mol. The van der Waals surface area contributed by atoms with E-state index in [1.807, 2.05) is 61.5 Å². The van der Waals surface area contributed by atoms with E-state index in [0.717, 1.165) is 27.1 Å². The van der Waals surface area contributed by atoms with Gasteiger partial charge >= 0.3 is 0 Å². The molecule has 0 saturated carbocycles. The van der Waals surface area contributed by atoms with Crippen molar-refractivity contribution in [2.75, 3.05) is 24.5 Å². The van der Waals surface area contributed by atoms with Gasteiger partial charge in [0.25, 0.3) is 15.7 Å². The Morgan fingerprint density at radius 1 is 0.915 bits per heavy atom. The van der Waals surface area contributed by atoms with E-state index in [0.29, 0.717) is 12.3 Å². The number of ether oxygens (including phenoxy) is 1. The van der Waals surface area contributed by atoms with Crippen molar-refractivity contribution in [2.24, 2.45) is 0 Å². The van der Waals surface area contributed by atoms with Gasteiger partial charge in [-0.2, -0.15) is 0 Å². The van der Waals surface area contributed by atoms with Crippen molar-refractivity contribution in [2.45, 2.75) is 44.7 Å². The van der Waals surface area contributed by atoms with Gasteiger partial charge < -0.3 is 15.0 Å². The van der Waals surface area contributed by atoms with Crippen molar-refractivity contribution in [1.29, 1.82) is 0 Å². The number of nitrogens with one attached hydrogen (secondary N) is 1. The van der Waals surface area contributed by atoms with Crippen LogP contribution in [0.3, 0.4) is 0 Å². The van der Waals surface area contributed by atoms with Gasteiger partial charge in [0.15, 0.2) is 0 Å². The highest BCUT2D eigenvalue weighted by Gasteiger charge is 2.35. The number of benzene rings is 4. The van der Waals surface area contributed by atoms with Crippen LogP contribution >= 0.6 is 0 Å². The normalized spacial score (nSPS) is 11.7. The van der Waals surface area contributed by atoms with E-state index >= 15 is 0 Å².